The lowest BCUT2D eigenvalue weighted by molar-refractivity contribution is -0.127. The number of para-hydroxylation sites is 1. The highest BCUT2D eigenvalue weighted by molar-refractivity contribution is 5.82. The zero-order valence-electron chi connectivity index (χ0n) is 17.1. The van der Waals surface area contributed by atoms with E-state index in [0.29, 0.717) is 13.0 Å². The maximum atomic E-state index is 12.7. The lowest BCUT2D eigenvalue weighted by Gasteiger charge is -2.14. The van der Waals surface area contributed by atoms with E-state index < -0.39 is 6.10 Å². The first-order chi connectivity index (χ1) is 15.3. The van der Waals surface area contributed by atoms with Gasteiger partial charge < -0.3 is 10.1 Å². The van der Waals surface area contributed by atoms with E-state index in [9.17, 15) is 4.79 Å². The summed E-state index contributed by atoms with van der Waals surface area (Å²) in [5.74, 6) is 0.721. The molecule has 1 aromatic heterocycles. The first kappa shape index (κ1) is 19.1. The molecule has 3 aromatic carbocycles. The Morgan fingerprint density at radius 2 is 1.81 bits per heavy atom. The molecule has 0 bridgehead atoms. The maximum Gasteiger partial charge on any atom is 0.261 e. The minimum Gasteiger partial charge on any atom is -0.480 e. The minimum atomic E-state index is -0.467. The fraction of sp³-hybridized carbons (Fsp3) is 0.154. The Hall–Kier alpha value is -3.86. The van der Waals surface area contributed by atoms with Gasteiger partial charge in [-0.15, -0.1) is 0 Å². The van der Waals surface area contributed by atoms with Gasteiger partial charge in [-0.05, 0) is 39.9 Å². The normalized spacial score (nSPS) is 14.6. The van der Waals surface area contributed by atoms with Crippen molar-refractivity contribution in [2.24, 2.45) is 0 Å². The van der Waals surface area contributed by atoms with E-state index >= 15 is 0 Å². The number of rotatable bonds is 6. The third-order valence-electron chi connectivity index (χ3n) is 5.58. The summed E-state index contributed by atoms with van der Waals surface area (Å²) in [5.41, 5.74) is 5.59. The Morgan fingerprint density at radius 3 is 2.61 bits per heavy atom. The highest BCUT2D eigenvalue weighted by Gasteiger charge is 2.28. The summed E-state index contributed by atoms with van der Waals surface area (Å²) in [6.07, 6.45) is 3.89. The van der Waals surface area contributed by atoms with Crippen LogP contribution in [0.25, 0.3) is 11.1 Å². The molecule has 0 fully saturated rings. The van der Waals surface area contributed by atoms with Gasteiger partial charge in [-0.1, -0.05) is 66.7 Å². The lowest BCUT2D eigenvalue weighted by Crippen LogP contribution is -2.37. The summed E-state index contributed by atoms with van der Waals surface area (Å²) >= 11 is 0. The van der Waals surface area contributed by atoms with E-state index in [4.69, 9.17) is 4.74 Å². The van der Waals surface area contributed by atoms with Crippen molar-refractivity contribution in [1.29, 1.82) is 0 Å². The first-order valence-electron chi connectivity index (χ1n) is 10.4. The molecule has 4 aromatic rings. The SMILES string of the molecule is O=C(NCc1ccccc1-c1ccc(Cn2cccn2)cc1)C1Cc2ccccc2O1. The topological polar surface area (TPSA) is 56.2 Å². The van der Waals surface area contributed by atoms with Crippen molar-refractivity contribution in [2.75, 3.05) is 0 Å². The molecule has 0 spiro atoms. The smallest absolute Gasteiger partial charge is 0.261 e. The monoisotopic (exact) mass is 409 g/mol. The second-order valence-corrected chi connectivity index (χ2v) is 7.69. The molecule has 1 N–H and O–H groups in total. The standard InChI is InChI=1S/C26H23N3O2/c30-26(25-16-21-6-2-4-9-24(21)31-25)27-17-22-7-1-3-8-23(22)20-12-10-19(11-13-20)18-29-15-5-14-28-29/h1-15,25H,16-18H2,(H,27,30). The summed E-state index contributed by atoms with van der Waals surface area (Å²) in [7, 11) is 0. The summed E-state index contributed by atoms with van der Waals surface area (Å²) < 4.78 is 7.71. The Kier molecular flexibility index (Phi) is 5.23. The van der Waals surface area contributed by atoms with Crippen molar-refractivity contribution < 1.29 is 9.53 Å². The fourth-order valence-corrected chi connectivity index (χ4v) is 3.95. The Morgan fingerprint density at radius 1 is 1.00 bits per heavy atom. The largest absolute Gasteiger partial charge is 0.480 e. The molecule has 2 heterocycles. The number of amides is 1. The average Bonchev–Trinajstić information content (AvgIpc) is 3.48. The fourth-order valence-electron chi connectivity index (χ4n) is 3.95. The van der Waals surface area contributed by atoms with Gasteiger partial charge in [-0.2, -0.15) is 5.10 Å². The van der Waals surface area contributed by atoms with E-state index in [-0.39, 0.29) is 5.91 Å². The van der Waals surface area contributed by atoms with E-state index in [1.807, 2.05) is 53.3 Å². The number of ether oxygens (including phenoxy) is 1. The molecule has 0 saturated carbocycles. The molecular formula is C26H23N3O2. The Balaban J connectivity index is 1.26. The van der Waals surface area contributed by atoms with Gasteiger partial charge in [0.1, 0.15) is 5.75 Å². The molecular weight excluding hydrogens is 386 g/mol. The van der Waals surface area contributed by atoms with Gasteiger partial charge in [0.25, 0.3) is 5.91 Å². The highest BCUT2D eigenvalue weighted by Crippen LogP contribution is 2.28. The van der Waals surface area contributed by atoms with E-state index in [1.165, 1.54) is 5.56 Å². The number of benzene rings is 3. The molecule has 5 heteroatoms. The van der Waals surface area contributed by atoms with E-state index in [1.54, 1.807) is 6.20 Å². The van der Waals surface area contributed by atoms with Gasteiger partial charge in [0.15, 0.2) is 6.10 Å². The summed E-state index contributed by atoms with van der Waals surface area (Å²) in [6.45, 7) is 1.20. The molecule has 0 radical (unpaired) electrons. The molecule has 1 atom stereocenters. The van der Waals surface area contributed by atoms with E-state index in [0.717, 1.165) is 34.5 Å². The molecule has 0 aliphatic carbocycles. The van der Waals surface area contributed by atoms with Crippen LogP contribution in [0.5, 0.6) is 5.75 Å². The van der Waals surface area contributed by atoms with Gasteiger partial charge >= 0.3 is 0 Å². The molecule has 1 unspecified atom stereocenters. The number of nitrogens with zero attached hydrogens (tertiary/aromatic N) is 2. The van der Waals surface area contributed by atoms with Gasteiger partial charge in [0.05, 0.1) is 6.54 Å². The van der Waals surface area contributed by atoms with Crippen molar-refractivity contribution in [1.82, 2.24) is 15.1 Å². The van der Waals surface area contributed by atoms with Crippen molar-refractivity contribution in [3.05, 3.63) is 108 Å². The third kappa shape index (κ3) is 4.21. The van der Waals surface area contributed by atoms with Crippen molar-refractivity contribution in [3.8, 4) is 16.9 Å². The number of aromatic nitrogens is 2. The van der Waals surface area contributed by atoms with Gasteiger partial charge in [-0.25, -0.2) is 0 Å². The minimum absolute atomic E-state index is 0.0828. The van der Waals surface area contributed by atoms with Crippen LogP contribution in [-0.4, -0.2) is 21.8 Å². The van der Waals surface area contributed by atoms with Crippen LogP contribution in [0.3, 0.4) is 0 Å². The highest BCUT2D eigenvalue weighted by atomic mass is 16.5. The number of nitrogens with one attached hydrogen (secondary N) is 1. The molecule has 31 heavy (non-hydrogen) atoms. The number of carbonyl (C=O) groups is 1. The van der Waals surface area contributed by atoms with Gasteiger partial charge in [-0.3, -0.25) is 9.48 Å². The lowest BCUT2D eigenvalue weighted by atomic mass is 9.98. The zero-order valence-corrected chi connectivity index (χ0v) is 17.1. The zero-order chi connectivity index (χ0) is 21.0. The van der Waals surface area contributed by atoms with Gasteiger partial charge in [0.2, 0.25) is 0 Å². The number of hydrogen-bond acceptors (Lipinski definition) is 3. The quantitative estimate of drug-likeness (QED) is 0.519. The molecule has 0 saturated heterocycles. The number of fused-ring (bicyclic) bond motifs is 1. The molecule has 5 nitrogen and oxygen atoms in total. The van der Waals surface area contributed by atoms with Crippen LogP contribution in [0, 0.1) is 0 Å². The van der Waals surface area contributed by atoms with E-state index in [2.05, 4.69) is 46.8 Å². The van der Waals surface area contributed by atoms with Crippen molar-refractivity contribution in [3.63, 3.8) is 0 Å². The van der Waals surface area contributed by atoms with Gasteiger partial charge in [0, 0.05) is 25.4 Å². The molecule has 5 rings (SSSR count). The summed E-state index contributed by atoms with van der Waals surface area (Å²) in [6, 6.07) is 26.4. The van der Waals surface area contributed by atoms with Crippen LogP contribution in [-0.2, 0) is 24.3 Å². The van der Waals surface area contributed by atoms with Crippen LogP contribution in [0.1, 0.15) is 16.7 Å². The predicted octanol–water partition coefficient (Wildman–Crippen LogP) is 4.22. The maximum absolute atomic E-state index is 12.7. The Labute approximate surface area is 181 Å². The molecule has 1 aliphatic heterocycles. The summed E-state index contributed by atoms with van der Waals surface area (Å²) in [5, 5.41) is 7.31. The second-order valence-electron chi connectivity index (χ2n) is 7.69. The summed E-state index contributed by atoms with van der Waals surface area (Å²) in [4.78, 5) is 12.7. The van der Waals surface area contributed by atoms with Crippen LogP contribution in [0.15, 0.2) is 91.3 Å². The molecule has 154 valence electrons. The van der Waals surface area contributed by atoms with Crippen molar-refractivity contribution >= 4 is 5.91 Å². The number of carbonyl (C=O) groups excluding carboxylic acids is 1. The van der Waals surface area contributed by atoms with Crippen LogP contribution in [0.4, 0.5) is 0 Å². The van der Waals surface area contributed by atoms with Crippen LogP contribution >= 0.6 is 0 Å². The van der Waals surface area contributed by atoms with Crippen LogP contribution in [0.2, 0.25) is 0 Å². The third-order valence-corrected chi connectivity index (χ3v) is 5.58. The van der Waals surface area contributed by atoms with Crippen molar-refractivity contribution in [2.45, 2.75) is 25.6 Å². The molecule has 1 aliphatic rings. The predicted molar refractivity (Wildman–Crippen MR) is 120 cm³/mol. The van der Waals surface area contributed by atoms with Crippen LogP contribution < -0.4 is 10.1 Å². The molecule has 1 amide bonds. The second kappa shape index (κ2) is 8.48. The average molecular weight is 409 g/mol. The first-order valence-corrected chi connectivity index (χ1v) is 10.4. The number of hydrogen-bond donors (Lipinski definition) is 1. The Bertz CT molecular complexity index is 1160.